The molecule has 0 saturated carbocycles. The van der Waals surface area contributed by atoms with Crippen molar-refractivity contribution in [2.75, 3.05) is 53.6 Å². The zero-order valence-corrected chi connectivity index (χ0v) is 21.4. The van der Waals surface area contributed by atoms with Gasteiger partial charge in [-0.15, -0.1) is 24.0 Å². The van der Waals surface area contributed by atoms with Gasteiger partial charge in [-0.05, 0) is 49.3 Å². The molecule has 6 nitrogen and oxygen atoms in total. The largest absolute Gasteiger partial charge is 0.493 e. The lowest BCUT2D eigenvalue weighted by atomic mass is 10.1. The van der Waals surface area contributed by atoms with Crippen LogP contribution in [-0.2, 0) is 15.9 Å². The second-order valence-corrected chi connectivity index (χ2v) is 7.98. The molecular weight excluding hydrogens is 493 g/mol. The Hall–Kier alpha value is -1.06. The van der Waals surface area contributed by atoms with Crippen LogP contribution in [0.25, 0.3) is 0 Å². The minimum absolute atomic E-state index is 0. The molecule has 1 saturated heterocycles. The topological polar surface area (TPSA) is 55.3 Å². The number of benzene rings is 1. The van der Waals surface area contributed by atoms with E-state index in [1.807, 2.05) is 7.05 Å². The molecule has 1 fully saturated rings. The van der Waals surface area contributed by atoms with E-state index in [-0.39, 0.29) is 24.0 Å². The number of hydrogen-bond acceptors (Lipinski definition) is 4. The van der Waals surface area contributed by atoms with Gasteiger partial charge >= 0.3 is 0 Å². The zero-order chi connectivity index (χ0) is 20.9. The average molecular weight is 533 g/mol. The van der Waals surface area contributed by atoms with Gasteiger partial charge in [0.2, 0.25) is 0 Å². The van der Waals surface area contributed by atoms with Crippen molar-refractivity contribution in [1.29, 1.82) is 0 Å². The summed E-state index contributed by atoms with van der Waals surface area (Å²) in [7, 11) is 3.59. The van der Waals surface area contributed by atoms with Gasteiger partial charge in [-0.3, -0.25) is 4.99 Å². The first-order valence-electron chi connectivity index (χ1n) is 10.9. The van der Waals surface area contributed by atoms with Crippen LogP contribution in [0, 0.1) is 5.92 Å². The van der Waals surface area contributed by atoms with Crippen LogP contribution in [0.3, 0.4) is 0 Å². The lowest BCUT2D eigenvalue weighted by Crippen LogP contribution is -2.47. The Kier molecular flexibility index (Phi) is 14.1. The van der Waals surface area contributed by atoms with Crippen molar-refractivity contribution in [1.82, 2.24) is 10.2 Å². The predicted octanol–water partition coefficient (Wildman–Crippen LogP) is 3.97. The first-order chi connectivity index (χ1) is 14.1. The minimum atomic E-state index is 0. The fourth-order valence-electron chi connectivity index (χ4n) is 3.35. The van der Waals surface area contributed by atoms with E-state index in [4.69, 9.17) is 14.2 Å². The van der Waals surface area contributed by atoms with Crippen LogP contribution >= 0.6 is 24.0 Å². The molecule has 0 aliphatic carbocycles. The summed E-state index contributed by atoms with van der Waals surface area (Å²) in [4.78, 5) is 6.79. The number of piperidine rings is 1. The van der Waals surface area contributed by atoms with E-state index in [2.05, 4.69) is 53.3 Å². The number of guanidine groups is 1. The normalized spacial score (nSPS) is 15.2. The van der Waals surface area contributed by atoms with Crippen molar-refractivity contribution in [2.24, 2.45) is 10.9 Å². The molecule has 1 aliphatic rings. The Morgan fingerprint density at radius 2 is 1.87 bits per heavy atom. The van der Waals surface area contributed by atoms with E-state index in [0.29, 0.717) is 12.0 Å². The number of halogens is 1. The molecule has 0 unspecified atom stereocenters. The summed E-state index contributed by atoms with van der Waals surface area (Å²) in [6, 6.07) is 8.41. The minimum Gasteiger partial charge on any atom is -0.493 e. The van der Waals surface area contributed by atoms with Crippen LogP contribution in [0.5, 0.6) is 5.75 Å². The highest BCUT2D eigenvalue weighted by molar-refractivity contribution is 14.0. The van der Waals surface area contributed by atoms with Crippen LogP contribution in [0.4, 0.5) is 0 Å². The van der Waals surface area contributed by atoms with E-state index < -0.39 is 0 Å². The van der Waals surface area contributed by atoms with Crippen LogP contribution in [0.1, 0.15) is 38.7 Å². The number of hydrogen-bond donors (Lipinski definition) is 1. The molecular formula is C23H40IN3O3. The molecule has 172 valence electrons. The lowest BCUT2D eigenvalue weighted by Gasteiger charge is -2.34. The van der Waals surface area contributed by atoms with Gasteiger partial charge in [0, 0.05) is 47.0 Å². The van der Waals surface area contributed by atoms with E-state index >= 15 is 0 Å². The van der Waals surface area contributed by atoms with E-state index in [1.165, 1.54) is 5.56 Å². The Morgan fingerprint density at radius 3 is 2.47 bits per heavy atom. The summed E-state index contributed by atoms with van der Waals surface area (Å²) < 4.78 is 16.8. The molecule has 1 heterocycles. The summed E-state index contributed by atoms with van der Waals surface area (Å²) in [5.41, 5.74) is 1.30. The smallest absolute Gasteiger partial charge is 0.193 e. The van der Waals surface area contributed by atoms with Crippen LogP contribution < -0.4 is 10.1 Å². The number of nitrogens with zero attached hydrogens (tertiary/aromatic N) is 2. The molecule has 0 atom stereocenters. The lowest BCUT2D eigenvalue weighted by molar-refractivity contribution is 0.00992. The van der Waals surface area contributed by atoms with Gasteiger partial charge in [0.05, 0.1) is 12.7 Å². The Labute approximate surface area is 199 Å². The van der Waals surface area contributed by atoms with Crippen LogP contribution in [-0.4, -0.2) is 70.6 Å². The molecule has 1 aliphatic heterocycles. The highest BCUT2D eigenvalue weighted by atomic mass is 127. The molecule has 30 heavy (non-hydrogen) atoms. The first-order valence-corrected chi connectivity index (χ1v) is 10.9. The molecule has 0 radical (unpaired) electrons. The Morgan fingerprint density at radius 1 is 1.17 bits per heavy atom. The number of ether oxygens (including phenoxy) is 3. The summed E-state index contributed by atoms with van der Waals surface area (Å²) >= 11 is 0. The van der Waals surface area contributed by atoms with Crippen molar-refractivity contribution < 1.29 is 14.2 Å². The van der Waals surface area contributed by atoms with Gasteiger partial charge in [0.1, 0.15) is 5.75 Å². The number of likely N-dealkylation sites (tertiary alicyclic amines) is 1. The van der Waals surface area contributed by atoms with Gasteiger partial charge in [-0.2, -0.15) is 0 Å². The molecule has 0 aromatic heterocycles. The number of methoxy groups -OCH3 is 1. The van der Waals surface area contributed by atoms with E-state index in [0.717, 1.165) is 76.8 Å². The third kappa shape index (κ3) is 10.3. The first kappa shape index (κ1) is 27.0. The van der Waals surface area contributed by atoms with E-state index in [1.54, 1.807) is 7.11 Å². The van der Waals surface area contributed by atoms with Crippen molar-refractivity contribution in [3.63, 3.8) is 0 Å². The Balaban J connectivity index is 0.00000450. The molecule has 1 aromatic rings. The van der Waals surface area contributed by atoms with Gasteiger partial charge in [0.25, 0.3) is 0 Å². The maximum atomic E-state index is 5.95. The molecule has 7 heteroatoms. The predicted molar refractivity (Wildman–Crippen MR) is 134 cm³/mol. The number of aliphatic imine (C=N–C) groups is 1. The highest BCUT2D eigenvalue weighted by Gasteiger charge is 2.21. The average Bonchev–Trinajstić information content (AvgIpc) is 2.74. The molecule has 1 N–H and O–H groups in total. The van der Waals surface area contributed by atoms with Gasteiger partial charge in [0.15, 0.2) is 5.96 Å². The quantitative estimate of drug-likeness (QED) is 0.202. The summed E-state index contributed by atoms with van der Waals surface area (Å²) in [6.45, 7) is 9.46. The molecule has 2 rings (SSSR count). The summed E-state index contributed by atoms with van der Waals surface area (Å²) in [6.07, 6.45) is 4.38. The Bertz CT molecular complexity index is 588. The summed E-state index contributed by atoms with van der Waals surface area (Å²) in [5, 5.41) is 3.50. The summed E-state index contributed by atoms with van der Waals surface area (Å²) in [5.74, 6) is 2.47. The molecule has 0 amide bonds. The SMILES string of the molecule is CN=C(NCCc1ccc(OCC(C)C)cc1)N1CCC(OCCCOC)CC1.I. The molecule has 1 aromatic carbocycles. The fourth-order valence-corrected chi connectivity index (χ4v) is 3.35. The highest BCUT2D eigenvalue weighted by Crippen LogP contribution is 2.15. The molecule has 0 spiro atoms. The van der Waals surface area contributed by atoms with Crippen molar-refractivity contribution in [2.45, 2.75) is 45.6 Å². The zero-order valence-electron chi connectivity index (χ0n) is 19.1. The number of nitrogens with one attached hydrogen (secondary N) is 1. The van der Waals surface area contributed by atoms with Crippen LogP contribution in [0.2, 0.25) is 0 Å². The molecule has 0 bridgehead atoms. The van der Waals surface area contributed by atoms with Gasteiger partial charge in [-0.25, -0.2) is 0 Å². The third-order valence-corrected chi connectivity index (χ3v) is 5.00. The fraction of sp³-hybridized carbons (Fsp3) is 0.696. The van der Waals surface area contributed by atoms with Crippen molar-refractivity contribution in [3.05, 3.63) is 29.8 Å². The maximum Gasteiger partial charge on any atom is 0.193 e. The van der Waals surface area contributed by atoms with Gasteiger partial charge < -0.3 is 24.4 Å². The van der Waals surface area contributed by atoms with Crippen molar-refractivity contribution in [3.8, 4) is 5.75 Å². The number of rotatable bonds is 11. The second-order valence-electron chi connectivity index (χ2n) is 7.98. The standard InChI is InChI=1S/C23H39N3O3.HI/c1-19(2)18-29-21-8-6-20(7-9-21)10-13-25-23(24-3)26-14-11-22(12-15-26)28-17-5-16-27-4;/h6-9,19,22H,5,10-18H2,1-4H3,(H,24,25);1H. The maximum absolute atomic E-state index is 5.95. The monoisotopic (exact) mass is 533 g/mol. The van der Waals surface area contributed by atoms with E-state index in [9.17, 15) is 0 Å². The second kappa shape index (κ2) is 15.7. The third-order valence-electron chi connectivity index (χ3n) is 5.00. The van der Waals surface area contributed by atoms with Gasteiger partial charge in [-0.1, -0.05) is 26.0 Å². The van der Waals surface area contributed by atoms with Crippen LogP contribution in [0.15, 0.2) is 29.3 Å². The van der Waals surface area contributed by atoms with Crippen molar-refractivity contribution >= 4 is 29.9 Å².